The van der Waals surface area contributed by atoms with Crippen LogP contribution in [-0.2, 0) is 0 Å². The Kier molecular flexibility index (Phi) is 7.67. The predicted molar refractivity (Wildman–Crippen MR) is 139 cm³/mol. The van der Waals surface area contributed by atoms with E-state index in [2.05, 4.69) is 17.2 Å². The van der Waals surface area contributed by atoms with Crippen LogP contribution in [0.1, 0.15) is 19.8 Å². The minimum Gasteiger partial charge on any atom is -0.493 e. The van der Waals surface area contributed by atoms with E-state index in [-0.39, 0.29) is 6.03 Å². The second-order valence-corrected chi connectivity index (χ2v) is 7.93. The molecule has 0 aliphatic carbocycles. The van der Waals surface area contributed by atoms with Gasteiger partial charge >= 0.3 is 6.03 Å². The molecule has 0 saturated carbocycles. The van der Waals surface area contributed by atoms with Crippen LogP contribution < -0.4 is 24.4 Å². The molecule has 2 amide bonds. The van der Waals surface area contributed by atoms with E-state index in [1.165, 1.54) is 0 Å². The number of benzene rings is 3. The van der Waals surface area contributed by atoms with Crippen molar-refractivity contribution >= 4 is 28.3 Å². The normalized spacial score (nSPS) is 10.6. The van der Waals surface area contributed by atoms with Gasteiger partial charge in [-0.05, 0) is 55.0 Å². The maximum Gasteiger partial charge on any atom is 0.326 e. The average molecular weight is 472 g/mol. The van der Waals surface area contributed by atoms with E-state index >= 15 is 0 Å². The molecule has 0 spiro atoms. The summed E-state index contributed by atoms with van der Waals surface area (Å²) in [6.07, 6.45) is 3.61. The highest BCUT2D eigenvalue weighted by Gasteiger charge is 2.16. The van der Waals surface area contributed by atoms with E-state index in [4.69, 9.17) is 14.2 Å². The molecular weight excluding hydrogens is 442 g/mol. The molecule has 0 unspecified atom stereocenters. The largest absolute Gasteiger partial charge is 0.493 e. The lowest BCUT2D eigenvalue weighted by Gasteiger charge is -2.23. The fraction of sp³-hybridized carbons (Fsp3) is 0.214. The van der Waals surface area contributed by atoms with Crippen LogP contribution in [-0.4, -0.2) is 31.8 Å². The lowest BCUT2D eigenvalue weighted by molar-refractivity contribution is 0.257. The molecule has 0 fully saturated rings. The number of rotatable bonds is 9. The molecule has 3 aromatic carbocycles. The van der Waals surface area contributed by atoms with E-state index in [0.29, 0.717) is 35.2 Å². The van der Waals surface area contributed by atoms with Gasteiger partial charge in [0.15, 0.2) is 11.5 Å². The standard InChI is InChI=1S/C28H29N3O4/c1-4-5-17-31(21-9-7-6-8-10-21)28(32)30-20-11-13-22(14-12-20)35-25-15-16-29-24-19-27(34-3)26(33-2)18-23(24)25/h6-16,18-19H,4-5,17H2,1-3H3,(H,30,32). The van der Waals surface area contributed by atoms with Crippen LogP contribution in [0, 0.1) is 0 Å². The van der Waals surface area contributed by atoms with Crippen molar-refractivity contribution < 1.29 is 19.0 Å². The molecule has 35 heavy (non-hydrogen) atoms. The predicted octanol–water partition coefficient (Wildman–Crippen LogP) is 6.88. The van der Waals surface area contributed by atoms with E-state index in [9.17, 15) is 4.79 Å². The highest BCUT2D eigenvalue weighted by atomic mass is 16.5. The average Bonchev–Trinajstić information content (AvgIpc) is 2.90. The number of para-hydroxylation sites is 1. The van der Waals surface area contributed by atoms with Crippen LogP contribution in [0.2, 0.25) is 0 Å². The first-order chi connectivity index (χ1) is 17.1. The zero-order chi connectivity index (χ0) is 24.6. The maximum absolute atomic E-state index is 13.0. The van der Waals surface area contributed by atoms with Crippen molar-refractivity contribution in [3.05, 3.63) is 79.0 Å². The third-order valence-corrected chi connectivity index (χ3v) is 5.59. The van der Waals surface area contributed by atoms with Crippen molar-refractivity contribution in [2.24, 2.45) is 0 Å². The van der Waals surface area contributed by atoms with Crippen molar-refractivity contribution in [2.45, 2.75) is 19.8 Å². The SMILES string of the molecule is CCCCN(C(=O)Nc1ccc(Oc2ccnc3cc(OC)c(OC)cc23)cc1)c1ccccc1. The number of pyridine rings is 1. The summed E-state index contributed by atoms with van der Waals surface area (Å²) in [5.41, 5.74) is 2.29. The van der Waals surface area contributed by atoms with Crippen molar-refractivity contribution in [2.75, 3.05) is 31.0 Å². The van der Waals surface area contributed by atoms with Crippen LogP contribution in [0.4, 0.5) is 16.2 Å². The van der Waals surface area contributed by atoms with Gasteiger partial charge in [0.25, 0.3) is 0 Å². The second-order valence-electron chi connectivity index (χ2n) is 7.93. The topological polar surface area (TPSA) is 72.9 Å². The Bertz CT molecular complexity index is 1280. The summed E-state index contributed by atoms with van der Waals surface area (Å²) in [5, 5.41) is 3.79. The number of amides is 2. The van der Waals surface area contributed by atoms with Gasteiger partial charge in [0.1, 0.15) is 11.5 Å². The van der Waals surface area contributed by atoms with Gasteiger partial charge in [-0.1, -0.05) is 31.5 Å². The molecule has 4 aromatic rings. The number of fused-ring (bicyclic) bond motifs is 1. The fourth-order valence-electron chi connectivity index (χ4n) is 3.73. The van der Waals surface area contributed by atoms with Crippen molar-refractivity contribution in [1.29, 1.82) is 0 Å². The Balaban J connectivity index is 1.50. The summed E-state index contributed by atoms with van der Waals surface area (Å²) in [6, 6.07) is 22.3. The number of nitrogens with one attached hydrogen (secondary N) is 1. The lowest BCUT2D eigenvalue weighted by Crippen LogP contribution is -2.35. The first-order valence-electron chi connectivity index (χ1n) is 11.5. The summed E-state index contributed by atoms with van der Waals surface area (Å²) in [7, 11) is 3.18. The Hall–Kier alpha value is -4.26. The molecule has 7 nitrogen and oxygen atoms in total. The molecule has 1 aromatic heterocycles. The number of ether oxygens (including phenoxy) is 3. The van der Waals surface area contributed by atoms with E-state index in [1.807, 2.05) is 66.7 Å². The smallest absolute Gasteiger partial charge is 0.326 e. The van der Waals surface area contributed by atoms with Crippen LogP contribution in [0.3, 0.4) is 0 Å². The lowest BCUT2D eigenvalue weighted by atomic mass is 10.2. The van der Waals surface area contributed by atoms with Crippen molar-refractivity contribution in [1.82, 2.24) is 4.98 Å². The number of carbonyl (C=O) groups is 1. The fourth-order valence-corrected chi connectivity index (χ4v) is 3.73. The van der Waals surface area contributed by atoms with Crippen LogP contribution in [0.5, 0.6) is 23.0 Å². The number of methoxy groups -OCH3 is 2. The molecule has 0 bridgehead atoms. The van der Waals surface area contributed by atoms with Gasteiger partial charge in [-0.2, -0.15) is 0 Å². The molecule has 0 aliphatic rings. The number of unbranched alkanes of at least 4 members (excludes halogenated alkanes) is 1. The summed E-state index contributed by atoms with van der Waals surface area (Å²) < 4.78 is 16.9. The third kappa shape index (κ3) is 5.63. The molecule has 0 atom stereocenters. The molecule has 1 N–H and O–H groups in total. The van der Waals surface area contributed by atoms with Gasteiger partial charge in [-0.15, -0.1) is 0 Å². The number of nitrogens with zero attached hydrogens (tertiary/aromatic N) is 2. The van der Waals surface area contributed by atoms with Crippen molar-refractivity contribution in [3.63, 3.8) is 0 Å². The van der Waals surface area contributed by atoms with Gasteiger partial charge in [-0.25, -0.2) is 4.79 Å². The van der Waals surface area contributed by atoms with E-state index in [0.717, 1.165) is 29.4 Å². The molecular formula is C28H29N3O4. The zero-order valence-electron chi connectivity index (χ0n) is 20.2. The number of aromatic nitrogens is 1. The highest BCUT2D eigenvalue weighted by Crippen LogP contribution is 2.37. The number of hydrogen-bond acceptors (Lipinski definition) is 5. The number of anilines is 2. The molecule has 0 aliphatic heterocycles. The van der Waals surface area contributed by atoms with Gasteiger partial charge in [0.2, 0.25) is 0 Å². The Morgan fingerprint density at radius 2 is 1.63 bits per heavy atom. The molecule has 180 valence electrons. The second kappa shape index (κ2) is 11.2. The maximum atomic E-state index is 13.0. The van der Waals surface area contributed by atoms with Gasteiger partial charge in [0, 0.05) is 35.6 Å². The summed E-state index contributed by atoms with van der Waals surface area (Å²) >= 11 is 0. The molecule has 4 rings (SSSR count). The summed E-state index contributed by atoms with van der Waals surface area (Å²) in [4.78, 5) is 19.2. The molecule has 7 heteroatoms. The van der Waals surface area contributed by atoms with Crippen LogP contribution >= 0.6 is 0 Å². The van der Waals surface area contributed by atoms with Gasteiger partial charge < -0.3 is 19.5 Å². The minimum atomic E-state index is -0.167. The molecule has 0 radical (unpaired) electrons. The number of urea groups is 1. The molecule has 1 heterocycles. The van der Waals surface area contributed by atoms with Crippen LogP contribution in [0.25, 0.3) is 10.9 Å². The first kappa shape index (κ1) is 23.9. The van der Waals surface area contributed by atoms with Gasteiger partial charge in [0.05, 0.1) is 19.7 Å². The zero-order valence-corrected chi connectivity index (χ0v) is 20.2. The van der Waals surface area contributed by atoms with E-state index < -0.39 is 0 Å². The first-order valence-corrected chi connectivity index (χ1v) is 11.5. The summed E-state index contributed by atoms with van der Waals surface area (Å²) in [5.74, 6) is 2.48. The third-order valence-electron chi connectivity index (χ3n) is 5.59. The molecule has 0 saturated heterocycles. The van der Waals surface area contributed by atoms with Crippen molar-refractivity contribution in [3.8, 4) is 23.0 Å². The van der Waals surface area contributed by atoms with Gasteiger partial charge in [-0.3, -0.25) is 9.88 Å². The number of carbonyl (C=O) groups excluding carboxylic acids is 1. The monoisotopic (exact) mass is 471 g/mol. The quantitative estimate of drug-likeness (QED) is 0.288. The Labute approximate surface area is 205 Å². The highest BCUT2D eigenvalue weighted by molar-refractivity contribution is 6.01. The van der Waals surface area contributed by atoms with E-state index in [1.54, 1.807) is 31.4 Å². The number of hydrogen-bond donors (Lipinski definition) is 1. The Morgan fingerprint density at radius 3 is 2.31 bits per heavy atom. The Morgan fingerprint density at radius 1 is 0.914 bits per heavy atom. The van der Waals surface area contributed by atoms with Crippen LogP contribution in [0.15, 0.2) is 79.0 Å². The summed E-state index contributed by atoms with van der Waals surface area (Å²) in [6.45, 7) is 2.76. The minimum absolute atomic E-state index is 0.167.